The summed E-state index contributed by atoms with van der Waals surface area (Å²) in [4.78, 5) is 4.30. The quantitative estimate of drug-likeness (QED) is 0.577. The molecule has 28 heavy (non-hydrogen) atoms. The number of hydrogen-bond donors (Lipinski definition) is 0. The van der Waals surface area contributed by atoms with Gasteiger partial charge in [-0.15, -0.1) is 0 Å². The molecule has 11 nitrogen and oxygen atoms in total. The van der Waals surface area contributed by atoms with Gasteiger partial charge in [0, 0.05) is 44.7 Å². The predicted octanol–water partition coefficient (Wildman–Crippen LogP) is -0.994. The molecule has 3 saturated heterocycles. The Kier molecular flexibility index (Phi) is 5.03. The zero-order valence-corrected chi connectivity index (χ0v) is 17.6. The fraction of sp³-hybridized carbons (Fsp3) is 0.867. The van der Waals surface area contributed by atoms with Gasteiger partial charge in [0.25, 0.3) is 10.2 Å². The van der Waals surface area contributed by atoms with Crippen molar-refractivity contribution in [1.29, 1.82) is 0 Å². The largest absolute Gasteiger partial charge is 0.379 e. The number of rotatable bonds is 5. The fourth-order valence-electron chi connectivity index (χ4n) is 4.19. The second-order valence-electron chi connectivity index (χ2n) is 7.58. The molecule has 3 aliphatic heterocycles. The van der Waals surface area contributed by atoms with Crippen LogP contribution in [0.25, 0.3) is 0 Å². The topological polar surface area (TPSA) is 126 Å². The lowest BCUT2D eigenvalue weighted by Gasteiger charge is -2.50. The average molecular weight is 436 g/mol. The van der Waals surface area contributed by atoms with Crippen LogP contribution < -0.4 is 0 Å². The number of morpholine rings is 1. The summed E-state index contributed by atoms with van der Waals surface area (Å²) in [6, 6.07) is 0. The van der Waals surface area contributed by atoms with E-state index in [1.54, 1.807) is 13.8 Å². The second-order valence-corrected chi connectivity index (χ2v) is 11.8. The van der Waals surface area contributed by atoms with Crippen LogP contribution in [0.5, 0.6) is 0 Å². The molecule has 1 aromatic heterocycles. The van der Waals surface area contributed by atoms with E-state index in [4.69, 9.17) is 9.26 Å². The molecule has 1 aromatic rings. The van der Waals surface area contributed by atoms with Crippen LogP contribution in [0, 0.1) is 12.3 Å². The van der Waals surface area contributed by atoms with Crippen LogP contribution in [-0.2, 0) is 25.0 Å². The smallest absolute Gasteiger partial charge is 0.282 e. The predicted molar refractivity (Wildman–Crippen MR) is 98.1 cm³/mol. The Balaban J connectivity index is 1.58. The number of nitrogens with zero attached hydrogens (tertiary/aromatic N) is 5. The number of aryl methyl sites for hydroxylation is 1. The van der Waals surface area contributed by atoms with Crippen molar-refractivity contribution in [1.82, 2.24) is 23.1 Å². The molecule has 1 spiro atoms. The first-order valence-corrected chi connectivity index (χ1v) is 12.3. The maximum absolute atomic E-state index is 12.9. The zero-order valence-electron chi connectivity index (χ0n) is 15.9. The number of hydrogen-bond acceptors (Lipinski definition) is 8. The monoisotopic (exact) mass is 435 g/mol. The van der Waals surface area contributed by atoms with E-state index in [9.17, 15) is 16.8 Å². The van der Waals surface area contributed by atoms with Crippen LogP contribution in [0.15, 0.2) is 4.52 Å². The summed E-state index contributed by atoms with van der Waals surface area (Å²) in [6.45, 7) is 5.65. The van der Waals surface area contributed by atoms with Gasteiger partial charge in [0.2, 0.25) is 15.9 Å². The zero-order chi connectivity index (χ0) is 20.2. The van der Waals surface area contributed by atoms with Crippen LogP contribution in [0.1, 0.15) is 24.6 Å². The van der Waals surface area contributed by atoms with Crippen LogP contribution >= 0.6 is 0 Å². The highest BCUT2D eigenvalue weighted by atomic mass is 32.2. The number of sulfonamides is 1. The number of aromatic nitrogens is 2. The highest BCUT2D eigenvalue weighted by Gasteiger charge is 2.61. The van der Waals surface area contributed by atoms with Gasteiger partial charge in [-0.3, -0.25) is 0 Å². The van der Waals surface area contributed by atoms with E-state index in [-0.39, 0.29) is 37.8 Å². The third-order valence-corrected chi connectivity index (χ3v) is 9.54. The lowest BCUT2D eigenvalue weighted by molar-refractivity contribution is 0.0393. The van der Waals surface area contributed by atoms with Gasteiger partial charge >= 0.3 is 0 Å². The van der Waals surface area contributed by atoms with E-state index in [0.29, 0.717) is 38.0 Å². The molecule has 0 saturated carbocycles. The lowest BCUT2D eigenvalue weighted by Crippen LogP contribution is -2.64. The Morgan fingerprint density at radius 2 is 1.71 bits per heavy atom. The Hall–Kier alpha value is -1.12. The SMILES string of the molecule is CCS(=O)(=O)N1CC(c2nc(C)no2)C2(C1)CN(S(=O)(=O)N1CCOCC1)C2. The molecule has 4 rings (SSSR count). The molecule has 0 bridgehead atoms. The molecule has 0 aliphatic carbocycles. The summed E-state index contributed by atoms with van der Waals surface area (Å²) in [6.07, 6.45) is 0. The highest BCUT2D eigenvalue weighted by Crippen LogP contribution is 2.50. The minimum absolute atomic E-state index is 0.00550. The maximum Gasteiger partial charge on any atom is 0.282 e. The van der Waals surface area contributed by atoms with E-state index < -0.39 is 25.6 Å². The molecule has 0 aromatic carbocycles. The molecule has 158 valence electrons. The molecule has 0 radical (unpaired) electrons. The van der Waals surface area contributed by atoms with Crippen LogP contribution in [0.4, 0.5) is 0 Å². The summed E-state index contributed by atoms with van der Waals surface area (Å²) >= 11 is 0. The van der Waals surface area contributed by atoms with Gasteiger partial charge in [-0.05, 0) is 13.8 Å². The third-order valence-electron chi connectivity index (χ3n) is 5.82. The van der Waals surface area contributed by atoms with E-state index in [2.05, 4.69) is 10.1 Å². The van der Waals surface area contributed by atoms with Crippen molar-refractivity contribution in [2.75, 3.05) is 58.2 Å². The standard InChI is InChI=1S/C15H25N5O6S2/c1-3-27(21,22)19-8-13(14-16-12(2)17-26-14)15(9-19)10-20(11-15)28(23,24)18-4-6-25-7-5-18/h13H,3-11H2,1-2H3. The third kappa shape index (κ3) is 3.27. The summed E-state index contributed by atoms with van der Waals surface area (Å²) in [7, 11) is -7.00. The molecule has 13 heteroatoms. The minimum atomic E-state index is -3.60. The van der Waals surface area contributed by atoms with Crippen molar-refractivity contribution in [3.63, 3.8) is 0 Å². The van der Waals surface area contributed by atoms with Gasteiger partial charge in [-0.1, -0.05) is 5.16 Å². The first-order chi connectivity index (χ1) is 13.2. The fourth-order valence-corrected chi connectivity index (χ4v) is 7.17. The molecule has 3 aliphatic rings. The van der Waals surface area contributed by atoms with Gasteiger partial charge in [0.15, 0.2) is 5.82 Å². The van der Waals surface area contributed by atoms with Gasteiger partial charge in [0.05, 0.1) is 24.9 Å². The molecule has 4 heterocycles. The van der Waals surface area contributed by atoms with Crippen molar-refractivity contribution in [3.05, 3.63) is 11.7 Å². The molecule has 1 unspecified atom stereocenters. The first-order valence-electron chi connectivity index (χ1n) is 9.29. The normalized spacial score (nSPS) is 27.3. The summed E-state index contributed by atoms with van der Waals surface area (Å²) in [5, 5.41) is 3.83. The Morgan fingerprint density at radius 1 is 1.07 bits per heavy atom. The Morgan fingerprint density at radius 3 is 2.29 bits per heavy atom. The van der Waals surface area contributed by atoms with Gasteiger partial charge in [0.1, 0.15) is 0 Å². The second kappa shape index (κ2) is 6.99. The van der Waals surface area contributed by atoms with Crippen molar-refractivity contribution < 1.29 is 26.1 Å². The molecule has 0 N–H and O–H groups in total. The summed E-state index contributed by atoms with van der Waals surface area (Å²) in [5.74, 6) is 0.508. The minimum Gasteiger partial charge on any atom is -0.379 e. The van der Waals surface area contributed by atoms with Crippen molar-refractivity contribution in [3.8, 4) is 0 Å². The van der Waals surface area contributed by atoms with E-state index in [0.717, 1.165) is 0 Å². The van der Waals surface area contributed by atoms with Crippen LogP contribution in [0.2, 0.25) is 0 Å². The average Bonchev–Trinajstić information content (AvgIpc) is 3.25. The van der Waals surface area contributed by atoms with Crippen LogP contribution in [0.3, 0.4) is 0 Å². The Labute approximate surface area is 164 Å². The molecular formula is C15H25N5O6S2. The Bertz CT molecular complexity index is 934. The highest BCUT2D eigenvalue weighted by molar-refractivity contribution is 7.89. The van der Waals surface area contributed by atoms with Crippen LogP contribution in [-0.4, -0.2) is 98.1 Å². The first kappa shape index (κ1) is 20.2. The maximum atomic E-state index is 12.9. The number of ether oxygens (including phenoxy) is 1. The van der Waals surface area contributed by atoms with Crippen molar-refractivity contribution in [2.24, 2.45) is 5.41 Å². The summed E-state index contributed by atoms with van der Waals surface area (Å²) < 4.78 is 65.5. The summed E-state index contributed by atoms with van der Waals surface area (Å²) in [5.41, 5.74) is -0.555. The molecule has 0 amide bonds. The molecular weight excluding hydrogens is 410 g/mol. The molecule has 3 fully saturated rings. The van der Waals surface area contributed by atoms with E-state index in [1.165, 1.54) is 12.9 Å². The van der Waals surface area contributed by atoms with Crippen molar-refractivity contribution in [2.45, 2.75) is 19.8 Å². The van der Waals surface area contributed by atoms with Gasteiger partial charge in [-0.25, -0.2) is 12.7 Å². The van der Waals surface area contributed by atoms with Gasteiger partial charge < -0.3 is 9.26 Å². The van der Waals surface area contributed by atoms with Gasteiger partial charge in [-0.2, -0.15) is 22.0 Å². The van der Waals surface area contributed by atoms with E-state index in [1.807, 2.05) is 0 Å². The van der Waals surface area contributed by atoms with E-state index >= 15 is 0 Å². The van der Waals surface area contributed by atoms with Crippen molar-refractivity contribution >= 4 is 20.2 Å². The molecule has 1 atom stereocenters. The lowest BCUT2D eigenvalue weighted by atomic mass is 9.73.